The fourth-order valence-electron chi connectivity index (χ4n) is 3.93. The van der Waals surface area contributed by atoms with Gasteiger partial charge in [-0.1, -0.05) is 72.3 Å². The molecule has 0 saturated carbocycles. The number of nitrogens with one attached hydrogen (secondary N) is 1. The Morgan fingerprint density at radius 2 is 1.51 bits per heavy atom. The number of nitro benzene ring substituents is 1. The highest BCUT2D eigenvalue weighted by atomic mass is 35.5. The molecule has 182 valence electrons. The van der Waals surface area contributed by atoms with E-state index in [0.29, 0.717) is 44.3 Å². The van der Waals surface area contributed by atoms with Gasteiger partial charge in [0.2, 0.25) is 0 Å². The number of amides is 1. The van der Waals surface area contributed by atoms with Crippen LogP contribution in [0, 0.1) is 10.1 Å². The summed E-state index contributed by atoms with van der Waals surface area (Å²) in [7, 11) is 0. The van der Waals surface area contributed by atoms with Crippen molar-refractivity contribution in [1.82, 2.24) is 4.98 Å². The molecular formula is C28H18ClN3O5. The van der Waals surface area contributed by atoms with Crippen LogP contribution in [0.5, 0.6) is 5.75 Å². The minimum atomic E-state index is -0.580. The van der Waals surface area contributed by atoms with Crippen LogP contribution in [-0.4, -0.2) is 20.9 Å². The number of nitrogens with zero attached hydrogens (tertiary/aromatic N) is 2. The molecule has 0 atom stereocenters. The van der Waals surface area contributed by atoms with Crippen molar-refractivity contribution in [3.05, 3.63) is 118 Å². The molecular weight excluding hydrogens is 494 g/mol. The number of benzene rings is 4. The number of hydrogen-bond acceptors (Lipinski definition) is 6. The van der Waals surface area contributed by atoms with Crippen LogP contribution in [0.15, 0.2) is 101 Å². The van der Waals surface area contributed by atoms with Gasteiger partial charge in [-0.25, -0.2) is 0 Å². The molecule has 37 heavy (non-hydrogen) atoms. The van der Waals surface area contributed by atoms with E-state index in [1.165, 1.54) is 12.1 Å². The topological polar surface area (TPSA) is 118 Å². The van der Waals surface area contributed by atoms with Gasteiger partial charge in [-0.2, -0.15) is 4.98 Å². The number of phenols is 1. The van der Waals surface area contributed by atoms with Crippen LogP contribution in [-0.2, 0) is 0 Å². The first-order valence-corrected chi connectivity index (χ1v) is 11.5. The largest absolute Gasteiger partial charge is 0.507 e. The quantitative estimate of drug-likeness (QED) is 0.184. The van der Waals surface area contributed by atoms with Gasteiger partial charge in [-0.15, -0.1) is 0 Å². The molecule has 8 nitrogen and oxygen atoms in total. The summed E-state index contributed by atoms with van der Waals surface area (Å²) < 4.78 is 6.07. The van der Waals surface area contributed by atoms with Gasteiger partial charge in [-0.3, -0.25) is 20.2 Å². The predicted molar refractivity (Wildman–Crippen MR) is 141 cm³/mol. The van der Waals surface area contributed by atoms with E-state index in [-0.39, 0.29) is 17.5 Å². The Morgan fingerprint density at radius 1 is 0.865 bits per heavy atom. The van der Waals surface area contributed by atoms with Gasteiger partial charge in [-0.05, 0) is 29.8 Å². The second kappa shape index (κ2) is 9.96. The zero-order valence-corrected chi connectivity index (χ0v) is 19.8. The van der Waals surface area contributed by atoms with Gasteiger partial charge in [0.15, 0.2) is 5.76 Å². The Kier molecular flexibility index (Phi) is 6.40. The zero-order chi connectivity index (χ0) is 25.9. The van der Waals surface area contributed by atoms with Crippen molar-refractivity contribution in [2.24, 2.45) is 0 Å². The van der Waals surface area contributed by atoms with Crippen molar-refractivity contribution in [3.8, 4) is 39.5 Å². The molecule has 5 rings (SSSR count). The number of hydrogen-bond donors (Lipinski definition) is 2. The van der Waals surface area contributed by atoms with Crippen LogP contribution >= 0.6 is 11.6 Å². The molecule has 0 aliphatic rings. The summed E-state index contributed by atoms with van der Waals surface area (Å²) in [6, 6.07) is 26.6. The summed E-state index contributed by atoms with van der Waals surface area (Å²) in [6.07, 6.45) is 0. The number of anilines is 1. The maximum atomic E-state index is 12.8. The van der Waals surface area contributed by atoms with Gasteiger partial charge in [0.05, 0.1) is 16.0 Å². The molecule has 9 heteroatoms. The second-order valence-corrected chi connectivity index (χ2v) is 8.41. The van der Waals surface area contributed by atoms with Gasteiger partial charge in [0.25, 0.3) is 11.6 Å². The Hall–Kier alpha value is -4.95. The molecule has 5 aromatic rings. The van der Waals surface area contributed by atoms with Crippen LogP contribution in [0.2, 0.25) is 5.02 Å². The minimum Gasteiger partial charge on any atom is -0.507 e. The van der Waals surface area contributed by atoms with Gasteiger partial charge >= 0.3 is 6.01 Å². The number of carbonyl (C=O) groups excluding carboxylic acids is 1. The molecule has 0 bridgehead atoms. The van der Waals surface area contributed by atoms with Crippen LogP contribution in [0.25, 0.3) is 33.7 Å². The summed E-state index contributed by atoms with van der Waals surface area (Å²) in [4.78, 5) is 27.9. The van der Waals surface area contributed by atoms with Crippen molar-refractivity contribution in [3.63, 3.8) is 0 Å². The lowest BCUT2D eigenvalue weighted by Crippen LogP contribution is -2.11. The van der Waals surface area contributed by atoms with Gasteiger partial charge in [0.1, 0.15) is 11.4 Å². The molecule has 1 amide bonds. The molecule has 4 aromatic carbocycles. The van der Waals surface area contributed by atoms with Crippen LogP contribution < -0.4 is 5.32 Å². The van der Waals surface area contributed by atoms with Crippen molar-refractivity contribution in [1.29, 1.82) is 0 Å². The summed E-state index contributed by atoms with van der Waals surface area (Å²) in [6.45, 7) is 0. The molecule has 1 heterocycles. The summed E-state index contributed by atoms with van der Waals surface area (Å²) in [5.41, 5.74) is 2.58. The molecule has 0 aliphatic carbocycles. The minimum absolute atomic E-state index is 0.0403. The van der Waals surface area contributed by atoms with E-state index in [2.05, 4.69) is 10.3 Å². The number of phenolic OH excluding ortho intramolecular Hbond substituents is 1. The molecule has 0 aliphatic heterocycles. The monoisotopic (exact) mass is 511 g/mol. The molecule has 0 unspecified atom stereocenters. The molecule has 0 spiro atoms. The first-order valence-electron chi connectivity index (χ1n) is 11.1. The Labute approximate surface area is 216 Å². The van der Waals surface area contributed by atoms with Crippen molar-refractivity contribution >= 4 is 29.2 Å². The van der Waals surface area contributed by atoms with E-state index in [9.17, 15) is 20.0 Å². The highest BCUT2D eigenvalue weighted by Crippen LogP contribution is 2.43. The number of aromatic nitrogens is 1. The Bertz CT molecular complexity index is 1630. The lowest BCUT2D eigenvalue weighted by molar-refractivity contribution is -0.384. The van der Waals surface area contributed by atoms with Crippen LogP contribution in [0.4, 0.5) is 11.7 Å². The summed E-state index contributed by atoms with van der Waals surface area (Å²) >= 11 is 6.49. The Morgan fingerprint density at radius 3 is 2.19 bits per heavy atom. The lowest BCUT2D eigenvalue weighted by Gasteiger charge is -2.11. The number of nitro groups is 1. The number of aromatic hydroxyl groups is 1. The van der Waals surface area contributed by atoms with E-state index < -0.39 is 10.8 Å². The Balaban J connectivity index is 1.66. The third kappa shape index (κ3) is 4.78. The number of rotatable bonds is 6. The van der Waals surface area contributed by atoms with E-state index in [4.69, 9.17) is 16.0 Å². The maximum Gasteiger partial charge on any atom is 0.302 e. The normalized spacial score (nSPS) is 10.7. The van der Waals surface area contributed by atoms with E-state index in [1.54, 1.807) is 78.9 Å². The van der Waals surface area contributed by atoms with Crippen molar-refractivity contribution in [2.45, 2.75) is 0 Å². The molecule has 0 saturated heterocycles. The molecule has 2 N–H and O–H groups in total. The first kappa shape index (κ1) is 23.8. The summed E-state index contributed by atoms with van der Waals surface area (Å²) in [5.74, 6) is -0.372. The lowest BCUT2D eigenvalue weighted by atomic mass is 9.95. The molecule has 0 fully saturated rings. The number of oxazole rings is 1. The highest BCUT2D eigenvalue weighted by molar-refractivity contribution is 6.33. The standard InChI is InChI=1S/C28H18ClN3O5/c29-23-13-7-6-12-22(23)25-26(37-28(30-25)31-27(34)17-8-2-1-3-9-17)21-11-5-4-10-19(21)20-15-14-18(32(35)36)16-24(20)33/h1-16,33H,(H,30,31,34). The van der Waals surface area contributed by atoms with Crippen LogP contribution in [0.3, 0.4) is 0 Å². The number of halogens is 1. The van der Waals surface area contributed by atoms with Gasteiger partial charge < -0.3 is 9.52 Å². The van der Waals surface area contributed by atoms with Crippen molar-refractivity contribution < 1.29 is 19.2 Å². The van der Waals surface area contributed by atoms with Crippen molar-refractivity contribution in [2.75, 3.05) is 5.32 Å². The van der Waals surface area contributed by atoms with Gasteiger partial charge in [0, 0.05) is 28.3 Å². The number of carbonyl (C=O) groups is 1. The smallest absolute Gasteiger partial charge is 0.302 e. The van der Waals surface area contributed by atoms with E-state index in [0.717, 1.165) is 6.07 Å². The predicted octanol–water partition coefficient (Wildman–Crippen LogP) is 7.20. The fourth-order valence-corrected chi connectivity index (χ4v) is 4.15. The average molecular weight is 512 g/mol. The van der Waals surface area contributed by atoms with E-state index in [1.807, 2.05) is 0 Å². The number of non-ortho nitro benzene ring substituents is 1. The molecule has 1 aromatic heterocycles. The van der Waals surface area contributed by atoms with E-state index >= 15 is 0 Å². The second-order valence-electron chi connectivity index (χ2n) is 8.00. The third-order valence-corrected chi connectivity index (χ3v) is 6.00. The zero-order valence-electron chi connectivity index (χ0n) is 19.1. The van der Waals surface area contributed by atoms with Crippen LogP contribution in [0.1, 0.15) is 10.4 Å². The average Bonchev–Trinajstić information content (AvgIpc) is 3.32. The maximum absolute atomic E-state index is 12.8. The third-order valence-electron chi connectivity index (χ3n) is 5.67. The fraction of sp³-hybridized carbons (Fsp3) is 0. The molecule has 0 radical (unpaired) electrons. The SMILES string of the molecule is O=C(Nc1nc(-c2ccccc2Cl)c(-c2ccccc2-c2ccc([N+](=O)[O-])cc2O)o1)c1ccccc1. The first-order chi connectivity index (χ1) is 17.9. The summed E-state index contributed by atoms with van der Waals surface area (Å²) in [5, 5.41) is 24.9. The highest BCUT2D eigenvalue weighted by Gasteiger charge is 2.24.